The predicted molar refractivity (Wildman–Crippen MR) is 127 cm³/mol. The standard InChI is InChI=1S/C26H22ClNO5/c1-15-7-6-8-16(13-15)23-22(24(29)17-11-12-18(27)21(14-17)33-3)25(30)26(31)28(23)19-9-4-5-10-20(19)32-2/h4-14,23,29H,1-3H3/b24-22-. The lowest BCUT2D eigenvalue weighted by molar-refractivity contribution is -0.132. The lowest BCUT2D eigenvalue weighted by atomic mass is 9.94. The van der Waals surface area contributed by atoms with Crippen LogP contribution >= 0.6 is 11.6 Å². The molecule has 0 spiro atoms. The van der Waals surface area contributed by atoms with Gasteiger partial charge in [-0.3, -0.25) is 14.5 Å². The number of hydrogen-bond acceptors (Lipinski definition) is 5. The first-order chi connectivity index (χ1) is 15.9. The number of carbonyl (C=O) groups excluding carboxylic acids is 2. The molecule has 0 aromatic heterocycles. The van der Waals surface area contributed by atoms with Crippen molar-refractivity contribution in [2.24, 2.45) is 0 Å². The highest BCUT2D eigenvalue weighted by atomic mass is 35.5. The smallest absolute Gasteiger partial charge is 0.300 e. The SMILES string of the molecule is COc1cc(/C(O)=C2/C(=O)C(=O)N(c3ccccc3OC)C2c2cccc(C)c2)ccc1Cl. The minimum absolute atomic E-state index is 0.0270. The van der Waals surface area contributed by atoms with Gasteiger partial charge in [-0.05, 0) is 42.8 Å². The van der Waals surface area contributed by atoms with Crippen molar-refractivity contribution < 1.29 is 24.2 Å². The number of para-hydroxylation sites is 2. The maximum atomic E-state index is 13.3. The monoisotopic (exact) mass is 463 g/mol. The number of anilines is 1. The molecule has 0 bridgehead atoms. The molecule has 1 atom stereocenters. The van der Waals surface area contributed by atoms with Crippen LogP contribution in [0.4, 0.5) is 5.69 Å². The largest absolute Gasteiger partial charge is 0.507 e. The molecule has 4 rings (SSSR count). The quantitative estimate of drug-likeness (QED) is 0.316. The number of nitrogens with zero attached hydrogens (tertiary/aromatic N) is 1. The molecule has 1 saturated heterocycles. The third kappa shape index (κ3) is 3.94. The van der Waals surface area contributed by atoms with E-state index in [2.05, 4.69) is 0 Å². The Hall–Kier alpha value is -3.77. The van der Waals surface area contributed by atoms with Crippen LogP contribution in [-0.2, 0) is 9.59 Å². The van der Waals surface area contributed by atoms with Gasteiger partial charge in [0, 0.05) is 5.56 Å². The van der Waals surface area contributed by atoms with Gasteiger partial charge in [0.1, 0.15) is 17.3 Å². The highest BCUT2D eigenvalue weighted by Crippen LogP contribution is 2.45. The van der Waals surface area contributed by atoms with Gasteiger partial charge in [-0.1, -0.05) is 53.6 Å². The summed E-state index contributed by atoms with van der Waals surface area (Å²) in [6.07, 6.45) is 0. The summed E-state index contributed by atoms with van der Waals surface area (Å²) >= 11 is 6.13. The van der Waals surface area contributed by atoms with Gasteiger partial charge in [0.15, 0.2) is 0 Å². The summed E-state index contributed by atoms with van der Waals surface area (Å²) in [5.74, 6) is -1.09. The maximum absolute atomic E-state index is 13.3. The fourth-order valence-corrected chi connectivity index (χ4v) is 4.22. The molecule has 33 heavy (non-hydrogen) atoms. The number of aliphatic hydroxyl groups excluding tert-OH is 1. The number of ketones is 1. The fraction of sp³-hybridized carbons (Fsp3) is 0.154. The van der Waals surface area contributed by atoms with Crippen molar-refractivity contribution in [2.45, 2.75) is 13.0 Å². The van der Waals surface area contributed by atoms with Crippen LogP contribution in [0.1, 0.15) is 22.7 Å². The second kappa shape index (κ2) is 9.00. The minimum atomic E-state index is -0.858. The Kier molecular flexibility index (Phi) is 6.11. The number of ether oxygens (including phenoxy) is 2. The number of aliphatic hydroxyl groups is 1. The van der Waals surface area contributed by atoms with Crippen molar-refractivity contribution >= 4 is 34.7 Å². The van der Waals surface area contributed by atoms with E-state index >= 15 is 0 Å². The average molecular weight is 464 g/mol. The number of rotatable bonds is 5. The maximum Gasteiger partial charge on any atom is 0.300 e. The van der Waals surface area contributed by atoms with Crippen LogP contribution < -0.4 is 14.4 Å². The molecule has 1 aliphatic rings. The van der Waals surface area contributed by atoms with Crippen LogP contribution in [0.15, 0.2) is 72.3 Å². The van der Waals surface area contributed by atoms with Crippen LogP contribution in [0.3, 0.4) is 0 Å². The summed E-state index contributed by atoms with van der Waals surface area (Å²) in [4.78, 5) is 28.0. The number of halogens is 1. The first-order valence-electron chi connectivity index (χ1n) is 10.2. The molecular weight excluding hydrogens is 442 g/mol. The molecule has 1 amide bonds. The lowest BCUT2D eigenvalue weighted by Gasteiger charge is -2.27. The summed E-state index contributed by atoms with van der Waals surface area (Å²) in [5, 5.41) is 11.6. The second-order valence-corrected chi connectivity index (χ2v) is 8.01. The van der Waals surface area contributed by atoms with E-state index < -0.39 is 17.7 Å². The third-order valence-electron chi connectivity index (χ3n) is 5.57. The van der Waals surface area contributed by atoms with Crippen molar-refractivity contribution in [3.05, 3.63) is 94.0 Å². The highest BCUT2D eigenvalue weighted by molar-refractivity contribution is 6.52. The first-order valence-corrected chi connectivity index (χ1v) is 10.6. The zero-order valence-electron chi connectivity index (χ0n) is 18.3. The highest BCUT2D eigenvalue weighted by Gasteiger charge is 2.47. The van der Waals surface area contributed by atoms with Crippen LogP contribution in [0.2, 0.25) is 5.02 Å². The van der Waals surface area contributed by atoms with E-state index in [9.17, 15) is 14.7 Å². The number of aryl methyl sites for hydroxylation is 1. The minimum Gasteiger partial charge on any atom is -0.507 e. The van der Waals surface area contributed by atoms with E-state index in [1.165, 1.54) is 25.2 Å². The summed E-state index contributed by atoms with van der Waals surface area (Å²) in [7, 11) is 2.95. The van der Waals surface area contributed by atoms with Gasteiger partial charge < -0.3 is 14.6 Å². The average Bonchev–Trinajstić information content (AvgIpc) is 3.09. The molecule has 3 aromatic carbocycles. The Bertz CT molecular complexity index is 1280. The molecule has 1 unspecified atom stereocenters. The molecule has 1 N–H and O–H groups in total. The fourth-order valence-electron chi connectivity index (χ4n) is 4.03. The number of Topliss-reactive ketones (excluding diaryl/α,β-unsaturated/α-hetero) is 1. The molecule has 1 aliphatic heterocycles. The van der Waals surface area contributed by atoms with Crippen LogP contribution in [0, 0.1) is 6.92 Å². The van der Waals surface area contributed by atoms with Crippen molar-refractivity contribution in [3.63, 3.8) is 0 Å². The predicted octanol–water partition coefficient (Wildman–Crippen LogP) is 5.29. The lowest BCUT2D eigenvalue weighted by Crippen LogP contribution is -2.29. The second-order valence-electron chi connectivity index (χ2n) is 7.60. The number of carbonyl (C=O) groups is 2. The molecule has 1 fully saturated rings. The molecule has 6 nitrogen and oxygen atoms in total. The van der Waals surface area contributed by atoms with E-state index in [1.807, 2.05) is 31.2 Å². The van der Waals surface area contributed by atoms with Gasteiger partial charge in [-0.15, -0.1) is 0 Å². The zero-order chi connectivity index (χ0) is 23.7. The number of amides is 1. The molecule has 0 radical (unpaired) electrons. The van der Waals surface area contributed by atoms with Gasteiger partial charge in [0.25, 0.3) is 11.7 Å². The Morgan fingerprint density at radius 2 is 1.67 bits per heavy atom. The molecule has 0 saturated carbocycles. The third-order valence-corrected chi connectivity index (χ3v) is 5.88. The topological polar surface area (TPSA) is 76.1 Å². The number of hydrogen-bond donors (Lipinski definition) is 1. The van der Waals surface area contributed by atoms with Crippen LogP contribution in [0.5, 0.6) is 11.5 Å². The van der Waals surface area contributed by atoms with Crippen molar-refractivity contribution in [2.75, 3.05) is 19.1 Å². The summed E-state index contributed by atoms with van der Waals surface area (Å²) < 4.78 is 10.7. The van der Waals surface area contributed by atoms with Crippen LogP contribution in [-0.4, -0.2) is 31.0 Å². The summed E-state index contributed by atoms with van der Waals surface area (Å²) in [6, 6.07) is 18.2. The molecule has 7 heteroatoms. The van der Waals surface area contributed by atoms with E-state index in [0.717, 1.165) is 5.56 Å². The van der Waals surface area contributed by atoms with Gasteiger partial charge in [-0.2, -0.15) is 0 Å². The van der Waals surface area contributed by atoms with Gasteiger partial charge >= 0.3 is 0 Å². The molecule has 3 aromatic rings. The Morgan fingerprint density at radius 3 is 2.36 bits per heavy atom. The number of benzene rings is 3. The van der Waals surface area contributed by atoms with E-state index in [1.54, 1.807) is 36.4 Å². The summed E-state index contributed by atoms with van der Waals surface area (Å²) in [6.45, 7) is 1.92. The van der Waals surface area contributed by atoms with Crippen molar-refractivity contribution in [1.82, 2.24) is 0 Å². The molecule has 1 heterocycles. The van der Waals surface area contributed by atoms with Gasteiger partial charge in [0.05, 0.1) is 36.5 Å². The summed E-state index contributed by atoms with van der Waals surface area (Å²) in [5.41, 5.74) is 2.35. The molecule has 0 aliphatic carbocycles. The van der Waals surface area contributed by atoms with E-state index in [-0.39, 0.29) is 11.3 Å². The normalized spacial score (nSPS) is 17.3. The van der Waals surface area contributed by atoms with Gasteiger partial charge in [0.2, 0.25) is 0 Å². The van der Waals surface area contributed by atoms with E-state index in [4.69, 9.17) is 21.1 Å². The molecular formula is C26H22ClNO5. The van der Waals surface area contributed by atoms with Crippen molar-refractivity contribution in [3.8, 4) is 11.5 Å². The Labute approximate surface area is 196 Å². The molecule has 168 valence electrons. The zero-order valence-corrected chi connectivity index (χ0v) is 19.1. The van der Waals surface area contributed by atoms with Crippen molar-refractivity contribution in [1.29, 1.82) is 0 Å². The first kappa shape index (κ1) is 22.4. The van der Waals surface area contributed by atoms with Gasteiger partial charge in [-0.25, -0.2) is 0 Å². The van der Waals surface area contributed by atoms with E-state index in [0.29, 0.717) is 33.3 Å². The van der Waals surface area contributed by atoms with Crippen LogP contribution in [0.25, 0.3) is 5.76 Å². The number of methoxy groups -OCH3 is 2. The Balaban J connectivity index is 1.98. The Morgan fingerprint density at radius 1 is 0.939 bits per heavy atom.